The summed E-state index contributed by atoms with van der Waals surface area (Å²) in [6, 6.07) is 0. The maximum absolute atomic E-state index is 12.1. The van der Waals surface area contributed by atoms with E-state index in [0.717, 1.165) is 29.0 Å². The first-order valence-corrected chi connectivity index (χ1v) is 11.0. The number of nitrogens with two attached hydrogens (primary N) is 1. The molecule has 0 aliphatic carbocycles. The fourth-order valence-electron chi connectivity index (χ4n) is 3.00. The summed E-state index contributed by atoms with van der Waals surface area (Å²) < 4.78 is 31.8. The lowest BCUT2D eigenvalue weighted by atomic mass is 10.2. The van der Waals surface area contributed by atoms with Crippen LogP contribution in [0.5, 0.6) is 0 Å². The van der Waals surface area contributed by atoms with Gasteiger partial charge in [0.25, 0.3) is 0 Å². The van der Waals surface area contributed by atoms with E-state index in [0.29, 0.717) is 43.9 Å². The average Bonchev–Trinajstić information content (AvgIpc) is 2.95. The minimum atomic E-state index is -3.01. The number of rotatable bonds is 10. The van der Waals surface area contributed by atoms with E-state index in [-0.39, 0.29) is 11.5 Å². The number of unbranched alkanes of at least 4 members (excludes halogenated alkanes) is 1. The quantitative estimate of drug-likeness (QED) is 0.678. The second-order valence-electron chi connectivity index (χ2n) is 6.58. The van der Waals surface area contributed by atoms with Crippen molar-refractivity contribution in [2.75, 3.05) is 23.8 Å². The Labute approximate surface area is 155 Å². The van der Waals surface area contributed by atoms with Gasteiger partial charge in [0.05, 0.1) is 17.0 Å². The zero-order valence-electron chi connectivity index (χ0n) is 16.2. The van der Waals surface area contributed by atoms with Gasteiger partial charge in [-0.15, -0.1) is 0 Å². The Morgan fingerprint density at radius 1 is 1.12 bits per heavy atom. The summed E-state index contributed by atoms with van der Waals surface area (Å²) in [7, 11) is -3.01. The van der Waals surface area contributed by atoms with Crippen molar-refractivity contribution in [3.05, 3.63) is 17.1 Å². The Morgan fingerprint density at radius 2 is 1.81 bits per heavy atom. The molecule has 0 fully saturated rings. The summed E-state index contributed by atoms with van der Waals surface area (Å²) in [6.45, 7) is 9.35. The van der Waals surface area contributed by atoms with Gasteiger partial charge in [0.15, 0.2) is 5.82 Å². The van der Waals surface area contributed by atoms with Crippen molar-refractivity contribution in [1.82, 2.24) is 14.5 Å². The van der Waals surface area contributed by atoms with Crippen LogP contribution in [0.4, 0.5) is 5.82 Å². The predicted molar refractivity (Wildman–Crippen MR) is 105 cm³/mol. The molecular weight excluding hydrogens is 352 g/mol. The highest BCUT2D eigenvalue weighted by Gasteiger charge is 2.18. The molecule has 2 heterocycles. The van der Waals surface area contributed by atoms with Gasteiger partial charge in [-0.1, -0.05) is 13.3 Å². The third kappa shape index (κ3) is 4.73. The van der Waals surface area contributed by atoms with E-state index in [1.165, 1.54) is 0 Å². The van der Waals surface area contributed by atoms with E-state index in [4.69, 9.17) is 10.5 Å². The molecule has 2 aromatic heterocycles. The van der Waals surface area contributed by atoms with E-state index in [1.54, 1.807) is 0 Å². The first-order chi connectivity index (χ1) is 12.3. The number of pyridine rings is 1. The highest BCUT2D eigenvalue weighted by molar-refractivity contribution is 7.91. The van der Waals surface area contributed by atoms with Crippen molar-refractivity contribution >= 4 is 26.7 Å². The van der Waals surface area contributed by atoms with Crippen LogP contribution in [0.2, 0.25) is 0 Å². The first-order valence-electron chi connectivity index (χ1n) is 9.20. The predicted octanol–water partition coefficient (Wildman–Crippen LogP) is 2.77. The standard InChI is InChI=1S/C18H30N4O3S/c1-5-7-10-26(23,24)11-8-9-22-15(12-25-6-2)21-16-17(22)13(3)14(4)20-18(16)19/h5-12H2,1-4H3,(H2,19,20). The second kappa shape index (κ2) is 8.81. The van der Waals surface area contributed by atoms with Gasteiger partial charge in [0.1, 0.15) is 27.8 Å². The fourth-order valence-corrected chi connectivity index (χ4v) is 4.50. The summed E-state index contributed by atoms with van der Waals surface area (Å²) in [5.74, 6) is 1.60. The summed E-state index contributed by atoms with van der Waals surface area (Å²) in [5, 5.41) is 0. The minimum Gasteiger partial charge on any atom is -0.382 e. The van der Waals surface area contributed by atoms with Gasteiger partial charge in [-0.2, -0.15) is 0 Å². The van der Waals surface area contributed by atoms with Crippen LogP contribution >= 0.6 is 0 Å². The van der Waals surface area contributed by atoms with Crippen molar-refractivity contribution in [3.8, 4) is 0 Å². The van der Waals surface area contributed by atoms with Crippen molar-refractivity contribution < 1.29 is 13.2 Å². The minimum absolute atomic E-state index is 0.180. The van der Waals surface area contributed by atoms with Gasteiger partial charge >= 0.3 is 0 Å². The molecule has 2 rings (SSSR count). The smallest absolute Gasteiger partial charge is 0.151 e. The number of imidazole rings is 1. The number of nitrogens with zero attached hydrogens (tertiary/aromatic N) is 3. The second-order valence-corrected chi connectivity index (χ2v) is 8.88. The number of sulfone groups is 1. The van der Waals surface area contributed by atoms with Crippen LogP contribution in [0.1, 0.15) is 50.2 Å². The van der Waals surface area contributed by atoms with Crippen LogP contribution < -0.4 is 5.73 Å². The number of hydrogen-bond donors (Lipinski definition) is 1. The third-order valence-electron chi connectivity index (χ3n) is 4.56. The monoisotopic (exact) mass is 382 g/mol. The molecule has 7 nitrogen and oxygen atoms in total. The molecule has 2 N–H and O–H groups in total. The highest BCUT2D eigenvalue weighted by atomic mass is 32.2. The number of anilines is 1. The molecule has 0 spiro atoms. The van der Waals surface area contributed by atoms with Crippen LogP contribution in [0.15, 0.2) is 0 Å². The first kappa shape index (κ1) is 20.6. The lowest BCUT2D eigenvalue weighted by Crippen LogP contribution is -2.14. The molecule has 0 saturated heterocycles. The topological polar surface area (TPSA) is 100 Å². The summed E-state index contributed by atoms with van der Waals surface area (Å²) in [6.07, 6.45) is 2.14. The van der Waals surface area contributed by atoms with Crippen molar-refractivity contribution in [1.29, 1.82) is 0 Å². The number of aryl methyl sites for hydroxylation is 3. The molecule has 0 aliphatic rings. The zero-order valence-corrected chi connectivity index (χ0v) is 17.0. The Morgan fingerprint density at radius 3 is 2.46 bits per heavy atom. The van der Waals surface area contributed by atoms with Crippen LogP contribution in [0, 0.1) is 13.8 Å². The van der Waals surface area contributed by atoms with Gasteiger partial charge < -0.3 is 15.0 Å². The molecule has 0 unspecified atom stereocenters. The number of nitrogen functional groups attached to an aromatic ring is 1. The number of fused-ring (bicyclic) bond motifs is 1. The van der Waals surface area contributed by atoms with E-state index >= 15 is 0 Å². The Balaban J connectivity index is 2.31. The Kier molecular flexibility index (Phi) is 7.00. The maximum atomic E-state index is 12.1. The lowest BCUT2D eigenvalue weighted by Gasteiger charge is -2.12. The van der Waals surface area contributed by atoms with E-state index in [2.05, 4.69) is 9.97 Å². The molecule has 8 heteroatoms. The Bertz CT molecular complexity index is 859. The van der Waals surface area contributed by atoms with Gasteiger partial charge in [-0.25, -0.2) is 18.4 Å². The van der Waals surface area contributed by atoms with Gasteiger partial charge in [0.2, 0.25) is 0 Å². The van der Waals surface area contributed by atoms with Crippen molar-refractivity contribution in [2.24, 2.45) is 0 Å². The number of ether oxygens (including phenoxy) is 1. The number of hydrogen-bond acceptors (Lipinski definition) is 6. The molecule has 0 saturated carbocycles. The van der Waals surface area contributed by atoms with E-state index < -0.39 is 9.84 Å². The molecule has 0 radical (unpaired) electrons. The van der Waals surface area contributed by atoms with Crippen LogP contribution in [0.3, 0.4) is 0 Å². The largest absolute Gasteiger partial charge is 0.382 e. The van der Waals surface area contributed by atoms with Crippen molar-refractivity contribution in [2.45, 2.75) is 60.1 Å². The summed E-state index contributed by atoms with van der Waals surface area (Å²) >= 11 is 0. The molecule has 0 atom stereocenters. The molecule has 0 aliphatic heterocycles. The van der Waals surface area contributed by atoms with Crippen LogP contribution in [0.25, 0.3) is 11.0 Å². The molecule has 146 valence electrons. The molecule has 2 aromatic rings. The molecular formula is C18H30N4O3S. The number of aromatic nitrogens is 3. The zero-order chi connectivity index (χ0) is 19.3. The van der Waals surface area contributed by atoms with Gasteiger partial charge in [-0.3, -0.25) is 0 Å². The van der Waals surface area contributed by atoms with Crippen molar-refractivity contribution in [3.63, 3.8) is 0 Å². The third-order valence-corrected chi connectivity index (χ3v) is 6.38. The molecule has 0 aromatic carbocycles. The van der Waals surface area contributed by atoms with E-state index in [9.17, 15) is 8.42 Å². The lowest BCUT2D eigenvalue weighted by molar-refractivity contribution is 0.126. The molecule has 0 amide bonds. The molecule has 0 bridgehead atoms. The van der Waals surface area contributed by atoms with E-state index in [1.807, 2.05) is 32.3 Å². The highest BCUT2D eigenvalue weighted by Crippen LogP contribution is 2.26. The fraction of sp³-hybridized carbons (Fsp3) is 0.667. The van der Waals surface area contributed by atoms with Gasteiger partial charge in [0, 0.05) is 18.8 Å². The van der Waals surface area contributed by atoms with Crippen LogP contribution in [-0.2, 0) is 27.7 Å². The maximum Gasteiger partial charge on any atom is 0.151 e. The van der Waals surface area contributed by atoms with Crippen LogP contribution in [-0.4, -0.2) is 41.1 Å². The van der Waals surface area contributed by atoms with Gasteiger partial charge in [-0.05, 0) is 39.2 Å². The Hall–Kier alpha value is -1.67. The normalized spacial score (nSPS) is 12.2. The summed E-state index contributed by atoms with van der Waals surface area (Å²) in [4.78, 5) is 8.97. The SMILES string of the molecule is CCCCS(=O)(=O)CCCn1c(COCC)nc2c(N)nc(C)c(C)c21. The summed E-state index contributed by atoms with van der Waals surface area (Å²) in [5.41, 5.74) is 9.52. The molecule has 26 heavy (non-hydrogen) atoms. The average molecular weight is 383 g/mol.